The van der Waals surface area contributed by atoms with Gasteiger partial charge in [-0.05, 0) is 24.1 Å². The minimum Gasteiger partial charge on any atom is -0.447 e. The van der Waals surface area contributed by atoms with Crippen molar-refractivity contribution in [1.82, 2.24) is 14.8 Å². The van der Waals surface area contributed by atoms with Crippen LogP contribution < -0.4 is 0 Å². The van der Waals surface area contributed by atoms with Gasteiger partial charge in [0.2, 0.25) is 5.91 Å². The lowest BCUT2D eigenvalue weighted by Gasteiger charge is -2.23. The molecule has 1 aliphatic heterocycles. The summed E-state index contributed by atoms with van der Waals surface area (Å²) in [6, 6.07) is 3.34. The third-order valence-corrected chi connectivity index (χ3v) is 3.27. The molecule has 2 rings (SSSR count). The Labute approximate surface area is 112 Å². The lowest BCUT2D eigenvalue weighted by atomic mass is 10.2. The first-order chi connectivity index (χ1) is 9.09. The van der Waals surface area contributed by atoms with Gasteiger partial charge in [0.15, 0.2) is 0 Å². The first kappa shape index (κ1) is 13.3. The predicted molar refractivity (Wildman–Crippen MR) is 68.5 cm³/mol. The second kappa shape index (κ2) is 5.69. The maximum atomic E-state index is 12.2. The van der Waals surface area contributed by atoms with Crippen molar-refractivity contribution in [2.75, 3.05) is 27.2 Å². The van der Waals surface area contributed by atoms with Gasteiger partial charge in [0.05, 0.1) is 0 Å². The molecule has 1 saturated heterocycles. The predicted octanol–water partition coefficient (Wildman–Crippen LogP) is 0.533. The zero-order valence-corrected chi connectivity index (χ0v) is 11.1. The van der Waals surface area contributed by atoms with Crippen molar-refractivity contribution in [3.8, 4) is 0 Å². The van der Waals surface area contributed by atoms with Gasteiger partial charge < -0.3 is 9.64 Å². The van der Waals surface area contributed by atoms with Gasteiger partial charge in [-0.25, -0.2) is 4.79 Å². The van der Waals surface area contributed by atoms with E-state index < -0.39 is 12.1 Å². The van der Waals surface area contributed by atoms with Crippen molar-refractivity contribution in [2.24, 2.45) is 0 Å². The minimum absolute atomic E-state index is 0.0950. The summed E-state index contributed by atoms with van der Waals surface area (Å²) in [6.07, 6.45) is 3.78. The molecule has 1 aromatic heterocycles. The van der Waals surface area contributed by atoms with Crippen LogP contribution in [0.2, 0.25) is 0 Å². The van der Waals surface area contributed by atoms with E-state index in [0.717, 1.165) is 12.0 Å². The smallest absolute Gasteiger partial charge is 0.410 e. The van der Waals surface area contributed by atoms with Gasteiger partial charge >= 0.3 is 6.09 Å². The number of carbonyl (C=O) groups is 2. The lowest BCUT2D eigenvalue weighted by Crippen LogP contribution is -2.45. The summed E-state index contributed by atoms with van der Waals surface area (Å²) in [5, 5.41) is 0. The van der Waals surface area contributed by atoms with E-state index in [2.05, 4.69) is 4.98 Å². The van der Waals surface area contributed by atoms with Crippen molar-refractivity contribution in [1.29, 1.82) is 0 Å². The van der Waals surface area contributed by atoms with Crippen LogP contribution in [0.3, 0.4) is 0 Å². The summed E-state index contributed by atoms with van der Waals surface area (Å²) >= 11 is 0. The first-order valence-corrected chi connectivity index (χ1v) is 6.13. The molecule has 1 fully saturated rings. The third-order valence-electron chi connectivity index (χ3n) is 3.27. The van der Waals surface area contributed by atoms with E-state index in [1.54, 1.807) is 31.4 Å². The number of rotatable bonds is 4. The molecule has 1 unspecified atom stereocenters. The van der Waals surface area contributed by atoms with Crippen LogP contribution in [0, 0.1) is 0 Å². The molecule has 1 aliphatic rings. The lowest BCUT2D eigenvalue weighted by molar-refractivity contribution is -0.133. The number of pyridine rings is 1. The number of hydrogen-bond donors (Lipinski definition) is 0. The number of amides is 2. The highest BCUT2D eigenvalue weighted by atomic mass is 16.6. The Morgan fingerprint density at radius 1 is 1.53 bits per heavy atom. The molecule has 0 N–H and O–H groups in total. The highest BCUT2D eigenvalue weighted by Gasteiger charge is 2.36. The van der Waals surface area contributed by atoms with E-state index in [1.807, 2.05) is 12.1 Å². The average Bonchev–Trinajstić information content (AvgIpc) is 2.77. The van der Waals surface area contributed by atoms with Crippen LogP contribution >= 0.6 is 0 Å². The zero-order chi connectivity index (χ0) is 13.8. The molecular formula is C13H17N3O3. The van der Waals surface area contributed by atoms with E-state index in [4.69, 9.17) is 4.74 Å². The number of hydrogen-bond acceptors (Lipinski definition) is 4. The monoisotopic (exact) mass is 263 g/mol. The highest BCUT2D eigenvalue weighted by Crippen LogP contribution is 2.12. The molecule has 6 heteroatoms. The van der Waals surface area contributed by atoms with Gasteiger partial charge in [0.25, 0.3) is 0 Å². The minimum atomic E-state index is -0.505. The van der Waals surface area contributed by atoms with Gasteiger partial charge in [-0.15, -0.1) is 0 Å². The molecule has 0 aliphatic carbocycles. The number of likely N-dealkylation sites (N-methyl/N-ethyl adjacent to an activating group) is 2. The molecule has 0 aromatic carbocycles. The maximum Gasteiger partial charge on any atom is 0.410 e. The Morgan fingerprint density at radius 3 is 2.79 bits per heavy atom. The number of cyclic esters (lactones) is 1. The Hall–Kier alpha value is -2.11. The van der Waals surface area contributed by atoms with Crippen LogP contribution in [0.4, 0.5) is 4.79 Å². The van der Waals surface area contributed by atoms with E-state index in [-0.39, 0.29) is 12.5 Å². The fraction of sp³-hybridized carbons (Fsp3) is 0.462. The molecule has 2 heterocycles. The quantitative estimate of drug-likeness (QED) is 0.795. The molecule has 0 spiro atoms. The number of ether oxygens (including phenoxy) is 1. The van der Waals surface area contributed by atoms with Crippen LogP contribution in [0.25, 0.3) is 0 Å². The van der Waals surface area contributed by atoms with E-state index in [1.165, 1.54) is 4.90 Å². The first-order valence-electron chi connectivity index (χ1n) is 6.13. The van der Waals surface area contributed by atoms with Gasteiger partial charge in [-0.1, -0.05) is 0 Å². The van der Waals surface area contributed by atoms with Crippen molar-refractivity contribution >= 4 is 12.0 Å². The van der Waals surface area contributed by atoms with Crippen LogP contribution in [0.1, 0.15) is 5.56 Å². The van der Waals surface area contributed by atoms with E-state index >= 15 is 0 Å². The van der Waals surface area contributed by atoms with Crippen molar-refractivity contribution in [3.05, 3.63) is 30.1 Å². The molecule has 2 amide bonds. The molecule has 1 aromatic rings. The van der Waals surface area contributed by atoms with Crippen LogP contribution in [0.15, 0.2) is 24.5 Å². The second-order valence-electron chi connectivity index (χ2n) is 4.57. The van der Waals surface area contributed by atoms with Gasteiger partial charge in [0, 0.05) is 33.0 Å². The summed E-state index contributed by atoms with van der Waals surface area (Å²) in [6.45, 7) is 0.731. The summed E-state index contributed by atoms with van der Waals surface area (Å²) in [5.74, 6) is -0.0950. The van der Waals surface area contributed by atoms with E-state index in [9.17, 15) is 9.59 Å². The molecule has 0 radical (unpaired) electrons. The summed E-state index contributed by atoms with van der Waals surface area (Å²) in [7, 11) is 3.31. The van der Waals surface area contributed by atoms with Crippen LogP contribution in [-0.2, 0) is 16.0 Å². The van der Waals surface area contributed by atoms with Crippen molar-refractivity contribution in [3.63, 3.8) is 0 Å². The molecule has 1 atom stereocenters. The molecule has 102 valence electrons. The molecular weight excluding hydrogens is 246 g/mol. The van der Waals surface area contributed by atoms with Crippen molar-refractivity contribution < 1.29 is 14.3 Å². The SMILES string of the molecule is CN(CCc1ccncc1)C(=O)C1COC(=O)N1C. The summed E-state index contributed by atoms with van der Waals surface area (Å²) in [4.78, 5) is 30.3. The highest BCUT2D eigenvalue weighted by molar-refractivity contribution is 5.87. The third kappa shape index (κ3) is 3.01. The van der Waals surface area contributed by atoms with Crippen molar-refractivity contribution in [2.45, 2.75) is 12.5 Å². The fourth-order valence-electron chi connectivity index (χ4n) is 1.94. The Bertz CT molecular complexity index is 463. The molecule has 6 nitrogen and oxygen atoms in total. The van der Waals surface area contributed by atoms with Crippen LogP contribution in [0.5, 0.6) is 0 Å². The normalized spacial score (nSPS) is 18.3. The molecule has 19 heavy (non-hydrogen) atoms. The average molecular weight is 263 g/mol. The van der Waals surface area contributed by atoms with Crippen LogP contribution in [-0.4, -0.2) is 60.1 Å². The largest absolute Gasteiger partial charge is 0.447 e. The van der Waals surface area contributed by atoms with Gasteiger partial charge in [-0.3, -0.25) is 14.7 Å². The summed E-state index contributed by atoms with van der Waals surface area (Å²) < 4.78 is 4.84. The van der Waals surface area contributed by atoms with E-state index in [0.29, 0.717) is 6.54 Å². The Morgan fingerprint density at radius 2 is 2.21 bits per heavy atom. The number of nitrogens with zero attached hydrogens (tertiary/aromatic N) is 3. The topological polar surface area (TPSA) is 62.7 Å². The number of carbonyl (C=O) groups excluding carboxylic acids is 2. The van der Waals surface area contributed by atoms with Gasteiger partial charge in [0.1, 0.15) is 12.6 Å². The Balaban J connectivity index is 1.88. The molecule has 0 bridgehead atoms. The fourth-order valence-corrected chi connectivity index (χ4v) is 1.94. The maximum absolute atomic E-state index is 12.2. The van der Waals surface area contributed by atoms with Gasteiger partial charge in [-0.2, -0.15) is 0 Å². The summed E-state index contributed by atoms with van der Waals surface area (Å²) in [5.41, 5.74) is 1.13. The zero-order valence-electron chi connectivity index (χ0n) is 11.1. The molecule has 0 saturated carbocycles. The number of aromatic nitrogens is 1. The standard InChI is InChI=1S/C13H17N3O3/c1-15(8-5-10-3-6-14-7-4-10)12(17)11-9-19-13(18)16(11)2/h3-4,6-7,11H,5,8-9H2,1-2H3. The second-order valence-corrected chi connectivity index (χ2v) is 4.57. The Kier molecular flexibility index (Phi) is 3.99.